The molecule has 198 valence electrons. The highest BCUT2D eigenvalue weighted by atomic mass is 19.2. The molecule has 0 bridgehead atoms. The Bertz CT molecular complexity index is 1640. The first kappa shape index (κ1) is 26.0. The van der Waals surface area contributed by atoms with Gasteiger partial charge in [-0.1, -0.05) is 18.2 Å². The Hall–Kier alpha value is -4.59. The summed E-state index contributed by atoms with van der Waals surface area (Å²) in [4.78, 5) is 30.5. The molecule has 0 aliphatic heterocycles. The van der Waals surface area contributed by atoms with Gasteiger partial charge in [0, 0.05) is 30.9 Å². The standard InChI is InChI=1S/C31H27F2N3O3/c1-19(2)39-23-14-21(13-22(16-23)24-8-10-29-25(24)5-3-11-34-29)17-35-30(37)26-6-4-12-36(31(26)38)18-20-7-9-27(32)28(33)15-20/h3-9,11-16,19H,10,17-18H2,1-2H3,(H,35,37). The first-order valence-electron chi connectivity index (χ1n) is 12.7. The van der Waals surface area contributed by atoms with Gasteiger partial charge in [0.15, 0.2) is 11.6 Å². The number of benzene rings is 2. The Balaban J connectivity index is 1.36. The number of hydrogen-bond acceptors (Lipinski definition) is 4. The van der Waals surface area contributed by atoms with E-state index in [2.05, 4.69) is 16.4 Å². The van der Waals surface area contributed by atoms with Crippen LogP contribution in [0.25, 0.3) is 5.57 Å². The van der Waals surface area contributed by atoms with Gasteiger partial charge in [-0.05, 0) is 84.6 Å². The molecule has 8 heteroatoms. The van der Waals surface area contributed by atoms with Crippen LogP contribution in [0.15, 0.2) is 83.9 Å². The number of nitrogens with one attached hydrogen (secondary N) is 1. The number of aromatic nitrogens is 2. The number of amides is 1. The lowest BCUT2D eigenvalue weighted by molar-refractivity contribution is 0.0948. The number of pyridine rings is 2. The molecule has 0 unspecified atom stereocenters. The van der Waals surface area contributed by atoms with E-state index >= 15 is 0 Å². The van der Waals surface area contributed by atoms with Gasteiger partial charge in [-0.2, -0.15) is 0 Å². The Morgan fingerprint density at radius 2 is 1.90 bits per heavy atom. The summed E-state index contributed by atoms with van der Waals surface area (Å²) < 4.78 is 34.1. The Morgan fingerprint density at radius 1 is 1.05 bits per heavy atom. The minimum Gasteiger partial charge on any atom is -0.491 e. The lowest BCUT2D eigenvalue weighted by Gasteiger charge is -2.15. The summed E-state index contributed by atoms with van der Waals surface area (Å²) in [6.07, 6.45) is 6.13. The van der Waals surface area contributed by atoms with Crippen molar-refractivity contribution in [3.63, 3.8) is 0 Å². The molecule has 0 saturated heterocycles. The monoisotopic (exact) mass is 527 g/mol. The average molecular weight is 528 g/mol. The first-order chi connectivity index (χ1) is 18.8. The summed E-state index contributed by atoms with van der Waals surface area (Å²) in [6, 6.07) is 16.2. The van der Waals surface area contributed by atoms with Crippen molar-refractivity contribution in [1.29, 1.82) is 0 Å². The van der Waals surface area contributed by atoms with E-state index in [-0.39, 0.29) is 24.8 Å². The van der Waals surface area contributed by atoms with Crippen LogP contribution in [0, 0.1) is 11.6 Å². The fraction of sp³-hybridized carbons (Fsp3) is 0.194. The number of carbonyl (C=O) groups excluding carboxylic acids is 1. The Morgan fingerprint density at radius 3 is 2.69 bits per heavy atom. The summed E-state index contributed by atoms with van der Waals surface area (Å²) in [6.45, 7) is 4.07. The number of allylic oxidation sites excluding steroid dienone is 1. The molecule has 0 saturated carbocycles. The highest BCUT2D eigenvalue weighted by Crippen LogP contribution is 2.34. The molecule has 1 aliphatic rings. The van der Waals surface area contributed by atoms with E-state index in [1.54, 1.807) is 12.3 Å². The van der Waals surface area contributed by atoms with Crippen molar-refractivity contribution in [2.45, 2.75) is 39.5 Å². The number of carbonyl (C=O) groups is 1. The lowest BCUT2D eigenvalue weighted by atomic mass is 9.98. The average Bonchev–Trinajstić information content (AvgIpc) is 3.34. The molecule has 0 radical (unpaired) electrons. The second kappa shape index (κ2) is 11.0. The van der Waals surface area contributed by atoms with E-state index < -0.39 is 23.1 Å². The van der Waals surface area contributed by atoms with Gasteiger partial charge in [0.2, 0.25) is 0 Å². The minimum absolute atomic E-state index is 0.000538. The van der Waals surface area contributed by atoms with E-state index in [1.807, 2.05) is 44.2 Å². The van der Waals surface area contributed by atoms with Crippen LogP contribution in [0.1, 0.15) is 52.2 Å². The third kappa shape index (κ3) is 5.80. The number of nitrogens with zero attached hydrogens (tertiary/aromatic N) is 2. The predicted molar refractivity (Wildman–Crippen MR) is 145 cm³/mol. The van der Waals surface area contributed by atoms with E-state index in [9.17, 15) is 18.4 Å². The van der Waals surface area contributed by atoms with Gasteiger partial charge in [-0.3, -0.25) is 14.6 Å². The van der Waals surface area contributed by atoms with Gasteiger partial charge < -0.3 is 14.6 Å². The molecular weight excluding hydrogens is 500 g/mol. The molecule has 1 amide bonds. The third-order valence-electron chi connectivity index (χ3n) is 6.38. The van der Waals surface area contributed by atoms with Gasteiger partial charge in [0.25, 0.3) is 11.5 Å². The minimum atomic E-state index is -0.995. The lowest BCUT2D eigenvalue weighted by Crippen LogP contribution is -2.32. The van der Waals surface area contributed by atoms with Crippen LogP contribution in [-0.4, -0.2) is 21.6 Å². The number of halogens is 2. The molecule has 5 rings (SSSR count). The molecule has 0 fully saturated rings. The molecule has 39 heavy (non-hydrogen) atoms. The molecule has 1 aliphatic carbocycles. The molecule has 2 aromatic heterocycles. The summed E-state index contributed by atoms with van der Waals surface area (Å²) >= 11 is 0. The number of hydrogen-bond donors (Lipinski definition) is 1. The maximum atomic E-state index is 13.6. The van der Waals surface area contributed by atoms with Gasteiger partial charge in [-0.25, -0.2) is 8.78 Å². The van der Waals surface area contributed by atoms with Gasteiger partial charge in [0.05, 0.1) is 18.3 Å². The molecule has 2 aromatic carbocycles. The molecule has 4 aromatic rings. The topological polar surface area (TPSA) is 73.2 Å². The van der Waals surface area contributed by atoms with Crippen LogP contribution in [0.3, 0.4) is 0 Å². The zero-order valence-electron chi connectivity index (χ0n) is 21.6. The largest absolute Gasteiger partial charge is 0.491 e. The molecule has 6 nitrogen and oxygen atoms in total. The molecule has 2 heterocycles. The van der Waals surface area contributed by atoms with Crippen molar-refractivity contribution in [3.8, 4) is 5.75 Å². The second-order valence-corrected chi connectivity index (χ2v) is 9.64. The van der Waals surface area contributed by atoms with Gasteiger partial charge in [0.1, 0.15) is 11.3 Å². The zero-order valence-corrected chi connectivity index (χ0v) is 21.6. The highest BCUT2D eigenvalue weighted by molar-refractivity contribution is 5.93. The van der Waals surface area contributed by atoms with Crippen LogP contribution >= 0.6 is 0 Å². The van der Waals surface area contributed by atoms with Crippen LogP contribution in [0.4, 0.5) is 8.78 Å². The van der Waals surface area contributed by atoms with Crippen LogP contribution < -0.4 is 15.6 Å². The maximum Gasteiger partial charge on any atom is 0.263 e. The van der Waals surface area contributed by atoms with Crippen LogP contribution in [0.5, 0.6) is 5.75 Å². The van der Waals surface area contributed by atoms with Crippen molar-refractivity contribution >= 4 is 11.5 Å². The molecular formula is C31H27F2N3O3. The zero-order chi connectivity index (χ0) is 27.5. The van der Waals surface area contributed by atoms with Crippen molar-refractivity contribution < 1.29 is 18.3 Å². The third-order valence-corrected chi connectivity index (χ3v) is 6.38. The fourth-order valence-corrected chi connectivity index (χ4v) is 4.63. The fourth-order valence-electron chi connectivity index (χ4n) is 4.63. The molecule has 0 spiro atoms. The second-order valence-electron chi connectivity index (χ2n) is 9.64. The van der Waals surface area contributed by atoms with Crippen molar-refractivity contribution in [2.24, 2.45) is 0 Å². The van der Waals surface area contributed by atoms with E-state index in [4.69, 9.17) is 4.74 Å². The number of fused-ring (bicyclic) bond motifs is 1. The highest BCUT2D eigenvalue weighted by Gasteiger charge is 2.19. The van der Waals surface area contributed by atoms with Crippen molar-refractivity contribution in [3.05, 3.63) is 135 Å². The predicted octanol–water partition coefficient (Wildman–Crippen LogP) is 5.27. The quantitative estimate of drug-likeness (QED) is 0.339. The van der Waals surface area contributed by atoms with E-state index in [1.165, 1.54) is 22.9 Å². The summed E-state index contributed by atoms with van der Waals surface area (Å²) in [5.74, 6) is -1.81. The van der Waals surface area contributed by atoms with E-state index in [0.29, 0.717) is 11.3 Å². The maximum absolute atomic E-state index is 13.6. The SMILES string of the molecule is CC(C)Oc1cc(CNC(=O)c2cccn(Cc3ccc(F)c(F)c3)c2=O)cc(C2=CCc3ncccc32)c1. The van der Waals surface area contributed by atoms with Crippen molar-refractivity contribution in [1.82, 2.24) is 14.9 Å². The summed E-state index contributed by atoms with van der Waals surface area (Å²) in [5.41, 5.74) is 4.74. The van der Waals surface area contributed by atoms with Crippen molar-refractivity contribution in [2.75, 3.05) is 0 Å². The summed E-state index contributed by atoms with van der Waals surface area (Å²) in [7, 11) is 0. The summed E-state index contributed by atoms with van der Waals surface area (Å²) in [5, 5.41) is 2.83. The number of rotatable bonds is 8. The van der Waals surface area contributed by atoms with Gasteiger partial charge in [-0.15, -0.1) is 0 Å². The molecule has 1 N–H and O–H groups in total. The van der Waals surface area contributed by atoms with E-state index in [0.717, 1.165) is 46.5 Å². The van der Waals surface area contributed by atoms with Gasteiger partial charge >= 0.3 is 0 Å². The van der Waals surface area contributed by atoms with Crippen LogP contribution in [0.2, 0.25) is 0 Å². The Labute approximate surface area is 224 Å². The molecule has 0 atom stereocenters. The van der Waals surface area contributed by atoms with Crippen LogP contribution in [-0.2, 0) is 19.5 Å². The normalized spacial score (nSPS) is 12.3. The first-order valence-corrected chi connectivity index (χ1v) is 12.7. The smallest absolute Gasteiger partial charge is 0.263 e. The Kier molecular flexibility index (Phi) is 7.36. The number of ether oxygens (including phenoxy) is 1.